The van der Waals surface area contributed by atoms with Crippen molar-refractivity contribution < 1.29 is 14.3 Å². The van der Waals surface area contributed by atoms with Gasteiger partial charge in [0, 0.05) is 5.69 Å². The van der Waals surface area contributed by atoms with E-state index < -0.39 is 0 Å². The van der Waals surface area contributed by atoms with Crippen LogP contribution in [0.15, 0.2) is 42.5 Å². The second-order valence-electron chi connectivity index (χ2n) is 5.85. The van der Waals surface area contributed by atoms with Crippen LogP contribution in [0.1, 0.15) is 37.3 Å². The minimum atomic E-state index is -0.0569. The van der Waals surface area contributed by atoms with Crippen molar-refractivity contribution >= 4 is 11.6 Å². The maximum Gasteiger partial charge on any atom is 0.228 e. The van der Waals surface area contributed by atoms with Crippen LogP contribution in [0.2, 0.25) is 0 Å². The zero-order valence-corrected chi connectivity index (χ0v) is 14.8. The molecule has 0 heterocycles. The van der Waals surface area contributed by atoms with Crippen LogP contribution >= 0.6 is 0 Å². The number of amides is 1. The fourth-order valence-electron chi connectivity index (χ4n) is 2.51. The molecule has 0 aliphatic rings. The van der Waals surface area contributed by atoms with Gasteiger partial charge in [0.25, 0.3) is 0 Å². The second kappa shape index (κ2) is 8.39. The summed E-state index contributed by atoms with van der Waals surface area (Å²) in [4.78, 5) is 12.2. The van der Waals surface area contributed by atoms with Gasteiger partial charge >= 0.3 is 0 Å². The van der Waals surface area contributed by atoms with Crippen LogP contribution in [0.25, 0.3) is 0 Å². The van der Waals surface area contributed by atoms with Crippen molar-refractivity contribution in [2.75, 3.05) is 19.5 Å². The lowest BCUT2D eigenvalue weighted by Crippen LogP contribution is -2.14. The molecule has 0 fully saturated rings. The zero-order valence-electron chi connectivity index (χ0n) is 14.8. The van der Waals surface area contributed by atoms with Crippen LogP contribution in [0, 0.1) is 0 Å². The second-order valence-corrected chi connectivity index (χ2v) is 5.85. The van der Waals surface area contributed by atoms with Crippen molar-refractivity contribution in [3.05, 3.63) is 53.6 Å². The van der Waals surface area contributed by atoms with E-state index in [9.17, 15) is 4.79 Å². The Morgan fingerprint density at radius 3 is 2.29 bits per heavy atom. The molecule has 0 spiro atoms. The first kappa shape index (κ1) is 17.9. The smallest absolute Gasteiger partial charge is 0.228 e. The van der Waals surface area contributed by atoms with Crippen molar-refractivity contribution in [1.82, 2.24) is 0 Å². The Morgan fingerprint density at radius 2 is 1.71 bits per heavy atom. The SMILES string of the molecule is CC[C@H](C)c1ccc(NC(=O)Cc2ccc(OC)c(OC)c2)cc1. The van der Waals surface area contributed by atoms with E-state index >= 15 is 0 Å². The first-order valence-corrected chi connectivity index (χ1v) is 8.18. The van der Waals surface area contributed by atoms with E-state index in [-0.39, 0.29) is 12.3 Å². The summed E-state index contributed by atoms with van der Waals surface area (Å²) in [5.74, 6) is 1.75. The summed E-state index contributed by atoms with van der Waals surface area (Å²) < 4.78 is 10.5. The molecule has 0 aromatic heterocycles. The summed E-state index contributed by atoms with van der Waals surface area (Å²) in [7, 11) is 3.17. The fourth-order valence-corrected chi connectivity index (χ4v) is 2.51. The monoisotopic (exact) mass is 327 g/mol. The van der Waals surface area contributed by atoms with Crippen LogP contribution in [0.3, 0.4) is 0 Å². The molecular weight excluding hydrogens is 302 g/mol. The van der Waals surface area contributed by atoms with Crippen molar-refractivity contribution in [3.63, 3.8) is 0 Å². The van der Waals surface area contributed by atoms with E-state index in [1.54, 1.807) is 14.2 Å². The number of benzene rings is 2. The van der Waals surface area contributed by atoms with Gasteiger partial charge in [-0.3, -0.25) is 4.79 Å². The first-order valence-electron chi connectivity index (χ1n) is 8.18. The summed E-state index contributed by atoms with van der Waals surface area (Å²) in [6, 6.07) is 13.5. The highest BCUT2D eigenvalue weighted by molar-refractivity contribution is 5.92. The number of ether oxygens (including phenoxy) is 2. The molecule has 4 nitrogen and oxygen atoms in total. The maximum atomic E-state index is 12.2. The zero-order chi connectivity index (χ0) is 17.5. The molecule has 0 saturated heterocycles. The third kappa shape index (κ3) is 4.51. The Morgan fingerprint density at radius 1 is 1.04 bits per heavy atom. The number of carbonyl (C=O) groups is 1. The molecule has 0 aliphatic heterocycles. The molecule has 0 bridgehead atoms. The third-order valence-corrected chi connectivity index (χ3v) is 4.19. The topological polar surface area (TPSA) is 47.6 Å². The van der Waals surface area contributed by atoms with E-state index in [2.05, 4.69) is 31.3 Å². The van der Waals surface area contributed by atoms with Crippen LogP contribution in [0.5, 0.6) is 11.5 Å². The summed E-state index contributed by atoms with van der Waals surface area (Å²) in [5, 5.41) is 2.93. The van der Waals surface area contributed by atoms with E-state index in [1.165, 1.54) is 5.56 Å². The summed E-state index contributed by atoms with van der Waals surface area (Å²) in [5.41, 5.74) is 2.98. The Kier molecular flexibility index (Phi) is 6.24. The van der Waals surface area contributed by atoms with Crippen LogP contribution in [-0.4, -0.2) is 20.1 Å². The predicted octanol–water partition coefficient (Wildman–Crippen LogP) is 4.40. The lowest BCUT2D eigenvalue weighted by Gasteiger charge is -2.11. The van der Waals surface area contributed by atoms with Gasteiger partial charge in [-0.1, -0.05) is 32.0 Å². The molecule has 1 amide bonds. The van der Waals surface area contributed by atoms with Gasteiger partial charge in [0.05, 0.1) is 20.6 Å². The minimum absolute atomic E-state index is 0.0569. The highest BCUT2D eigenvalue weighted by Crippen LogP contribution is 2.28. The van der Waals surface area contributed by atoms with Crippen LogP contribution in [0.4, 0.5) is 5.69 Å². The molecule has 0 aliphatic carbocycles. The number of nitrogens with one attached hydrogen (secondary N) is 1. The quantitative estimate of drug-likeness (QED) is 0.820. The Labute approximate surface area is 143 Å². The maximum absolute atomic E-state index is 12.2. The Bertz CT molecular complexity index is 680. The molecule has 2 rings (SSSR count). The van der Waals surface area contributed by atoms with Crippen molar-refractivity contribution in [1.29, 1.82) is 0 Å². The van der Waals surface area contributed by atoms with E-state index in [0.717, 1.165) is 17.7 Å². The first-order chi connectivity index (χ1) is 11.6. The number of rotatable bonds is 7. The minimum Gasteiger partial charge on any atom is -0.493 e. The molecule has 2 aromatic carbocycles. The van der Waals surface area contributed by atoms with Gasteiger partial charge in [-0.15, -0.1) is 0 Å². The number of hydrogen-bond donors (Lipinski definition) is 1. The summed E-state index contributed by atoms with van der Waals surface area (Å²) >= 11 is 0. The number of hydrogen-bond acceptors (Lipinski definition) is 3. The Balaban J connectivity index is 2.00. The van der Waals surface area contributed by atoms with Gasteiger partial charge in [0.1, 0.15) is 0 Å². The van der Waals surface area contributed by atoms with Crippen molar-refractivity contribution in [3.8, 4) is 11.5 Å². The molecule has 24 heavy (non-hydrogen) atoms. The summed E-state index contributed by atoms with van der Waals surface area (Å²) in [6.07, 6.45) is 1.39. The van der Waals surface area contributed by atoms with Crippen molar-refractivity contribution in [2.45, 2.75) is 32.6 Å². The third-order valence-electron chi connectivity index (χ3n) is 4.19. The average Bonchev–Trinajstić information content (AvgIpc) is 2.61. The lowest BCUT2D eigenvalue weighted by atomic mass is 9.98. The van der Waals surface area contributed by atoms with Crippen LogP contribution in [-0.2, 0) is 11.2 Å². The lowest BCUT2D eigenvalue weighted by molar-refractivity contribution is -0.115. The standard InChI is InChI=1S/C20H25NO3/c1-5-14(2)16-7-9-17(10-8-16)21-20(22)13-15-6-11-18(23-3)19(12-15)24-4/h6-12,14H,5,13H2,1-4H3,(H,21,22)/t14-/m0/s1. The van der Waals surface area contributed by atoms with Gasteiger partial charge in [0.2, 0.25) is 5.91 Å². The molecule has 4 heteroatoms. The fraction of sp³-hybridized carbons (Fsp3) is 0.350. The van der Waals surface area contributed by atoms with Crippen molar-refractivity contribution in [2.24, 2.45) is 0 Å². The molecule has 2 aromatic rings. The van der Waals surface area contributed by atoms with E-state index in [0.29, 0.717) is 17.4 Å². The normalized spacial score (nSPS) is 11.7. The van der Waals surface area contributed by atoms with Gasteiger partial charge in [-0.05, 0) is 47.7 Å². The molecule has 1 atom stereocenters. The highest BCUT2D eigenvalue weighted by atomic mass is 16.5. The van der Waals surface area contributed by atoms with Gasteiger partial charge in [-0.2, -0.15) is 0 Å². The molecule has 1 N–H and O–H groups in total. The predicted molar refractivity (Wildman–Crippen MR) is 97.0 cm³/mol. The molecule has 0 saturated carbocycles. The number of carbonyl (C=O) groups excluding carboxylic acids is 1. The van der Waals surface area contributed by atoms with Gasteiger partial charge in [0.15, 0.2) is 11.5 Å². The number of methoxy groups -OCH3 is 2. The van der Waals surface area contributed by atoms with Gasteiger partial charge in [-0.25, -0.2) is 0 Å². The molecule has 0 radical (unpaired) electrons. The molecule has 0 unspecified atom stereocenters. The highest BCUT2D eigenvalue weighted by Gasteiger charge is 2.09. The number of anilines is 1. The molecular formula is C20H25NO3. The van der Waals surface area contributed by atoms with Crippen LogP contribution < -0.4 is 14.8 Å². The largest absolute Gasteiger partial charge is 0.493 e. The van der Waals surface area contributed by atoms with Gasteiger partial charge < -0.3 is 14.8 Å². The van der Waals surface area contributed by atoms with E-state index in [1.807, 2.05) is 30.3 Å². The average molecular weight is 327 g/mol. The summed E-state index contributed by atoms with van der Waals surface area (Å²) in [6.45, 7) is 4.37. The molecule has 128 valence electrons. The van der Waals surface area contributed by atoms with E-state index in [4.69, 9.17) is 9.47 Å². The Hall–Kier alpha value is -2.49.